The maximum Gasteiger partial charge on any atom is 0.248 e. The predicted molar refractivity (Wildman–Crippen MR) is 97.9 cm³/mol. The molecule has 1 heterocycles. The van der Waals surface area contributed by atoms with Gasteiger partial charge in [-0.3, -0.25) is 0 Å². The molecule has 1 atom stereocenters. The summed E-state index contributed by atoms with van der Waals surface area (Å²) < 4.78 is 24.0. The van der Waals surface area contributed by atoms with E-state index in [1.807, 2.05) is 46.8 Å². The molecule has 0 amide bonds. The number of benzene rings is 1. The number of hydrogen-bond acceptors (Lipinski definition) is 4. The Hall–Kier alpha value is -0.980. The summed E-state index contributed by atoms with van der Waals surface area (Å²) >= 11 is 1.24. The lowest BCUT2D eigenvalue weighted by atomic mass is 9.80. The standard InChI is InChI=1S/C17H26N2O2S2/c1-15(2,3)13-16(4,5)19-11-12-22-17(19,23(18,20)21)14-9-7-6-8-10-14/h6-12H,13H2,1-5H3,(H2,18,20,21). The van der Waals surface area contributed by atoms with Crippen molar-refractivity contribution in [1.82, 2.24) is 4.90 Å². The second-order valence-electron chi connectivity index (χ2n) is 7.82. The first-order valence-electron chi connectivity index (χ1n) is 7.62. The monoisotopic (exact) mass is 354 g/mol. The first-order valence-corrected chi connectivity index (χ1v) is 10.0. The zero-order valence-electron chi connectivity index (χ0n) is 14.4. The van der Waals surface area contributed by atoms with Crippen LogP contribution in [0.5, 0.6) is 0 Å². The number of sulfonamides is 1. The van der Waals surface area contributed by atoms with Crippen molar-refractivity contribution >= 4 is 21.8 Å². The minimum absolute atomic E-state index is 0.0609. The van der Waals surface area contributed by atoms with Crippen LogP contribution in [0.3, 0.4) is 0 Å². The Balaban J connectivity index is 2.60. The lowest BCUT2D eigenvalue weighted by molar-refractivity contribution is 0.102. The molecule has 1 aromatic carbocycles. The summed E-state index contributed by atoms with van der Waals surface area (Å²) in [4.78, 5) is 1.90. The molecule has 128 valence electrons. The first kappa shape index (κ1) is 18.4. The third-order valence-electron chi connectivity index (χ3n) is 3.89. The molecule has 0 fully saturated rings. The summed E-state index contributed by atoms with van der Waals surface area (Å²) in [7, 11) is -3.88. The molecule has 1 aliphatic heterocycles. The number of rotatable bonds is 4. The Morgan fingerprint density at radius 3 is 2.17 bits per heavy atom. The van der Waals surface area contributed by atoms with E-state index in [0.717, 1.165) is 6.42 Å². The minimum atomic E-state index is -3.88. The van der Waals surface area contributed by atoms with Crippen molar-refractivity contribution in [3.63, 3.8) is 0 Å². The van der Waals surface area contributed by atoms with Gasteiger partial charge in [-0.1, -0.05) is 62.9 Å². The molecule has 6 heteroatoms. The van der Waals surface area contributed by atoms with Crippen LogP contribution in [0.2, 0.25) is 0 Å². The van der Waals surface area contributed by atoms with Gasteiger partial charge in [-0.05, 0) is 31.1 Å². The third-order valence-corrected chi connectivity index (χ3v) is 7.09. The molecule has 1 unspecified atom stereocenters. The smallest absolute Gasteiger partial charge is 0.248 e. The highest BCUT2D eigenvalue weighted by Gasteiger charge is 2.55. The maximum absolute atomic E-state index is 12.7. The van der Waals surface area contributed by atoms with Gasteiger partial charge >= 0.3 is 0 Å². The number of thioether (sulfide) groups is 1. The van der Waals surface area contributed by atoms with Gasteiger partial charge < -0.3 is 4.90 Å². The van der Waals surface area contributed by atoms with Crippen LogP contribution in [0.4, 0.5) is 0 Å². The van der Waals surface area contributed by atoms with E-state index in [1.165, 1.54) is 11.8 Å². The normalized spacial score (nSPS) is 22.6. The van der Waals surface area contributed by atoms with E-state index in [2.05, 4.69) is 34.6 Å². The molecule has 0 spiro atoms. The predicted octanol–water partition coefficient (Wildman–Crippen LogP) is 3.82. The number of nitrogens with two attached hydrogens (primary N) is 1. The van der Waals surface area contributed by atoms with E-state index in [9.17, 15) is 8.42 Å². The zero-order valence-corrected chi connectivity index (χ0v) is 16.0. The molecule has 0 aromatic heterocycles. The topological polar surface area (TPSA) is 63.4 Å². The van der Waals surface area contributed by atoms with E-state index >= 15 is 0 Å². The van der Waals surface area contributed by atoms with Gasteiger partial charge in [0.25, 0.3) is 0 Å². The van der Waals surface area contributed by atoms with Gasteiger partial charge in [0.05, 0.1) is 0 Å². The number of primary sulfonamides is 1. The third kappa shape index (κ3) is 3.44. The molecule has 1 aromatic rings. The Bertz CT molecular complexity index is 691. The summed E-state index contributed by atoms with van der Waals surface area (Å²) in [6, 6.07) is 9.21. The summed E-state index contributed by atoms with van der Waals surface area (Å²) in [5.74, 6) is 0. The number of hydrogen-bond donors (Lipinski definition) is 1. The first-order chi connectivity index (χ1) is 10.4. The van der Waals surface area contributed by atoms with E-state index < -0.39 is 14.2 Å². The van der Waals surface area contributed by atoms with Gasteiger partial charge in [-0.15, -0.1) is 0 Å². The van der Waals surface area contributed by atoms with Crippen molar-refractivity contribution in [1.29, 1.82) is 0 Å². The van der Waals surface area contributed by atoms with Crippen molar-refractivity contribution in [2.45, 2.75) is 50.8 Å². The van der Waals surface area contributed by atoms with E-state index in [0.29, 0.717) is 5.56 Å². The molecule has 4 nitrogen and oxygen atoms in total. The fourth-order valence-corrected chi connectivity index (χ4v) is 6.36. The van der Waals surface area contributed by atoms with Crippen molar-refractivity contribution < 1.29 is 8.42 Å². The van der Waals surface area contributed by atoms with Crippen LogP contribution in [-0.2, 0) is 14.2 Å². The summed E-state index contributed by atoms with van der Waals surface area (Å²) in [5.41, 5.74) is 0.367. The molecular formula is C17H26N2O2S2. The van der Waals surface area contributed by atoms with Crippen molar-refractivity contribution in [2.75, 3.05) is 0 Å². The molecular weight excluding hydrogens is 328 g/mol. The molecule has 1 aliphatic rings. The van der Waals surface area contributed by atoms with E-state index in [1.54, 1.807) is 0 Å². The van der Waals surface area contributed by atoms with Gasteiger partial charge in [0.2, 0.25) is 14.2 Å². The molecule has 23 heavy (non-hydrogen) atoms. The van der Waals surface area contributed by atoms with Gasteiger partial charge in [0, 0.05) is 17.3 Å². The highest BCUT2D eigenvalue weighted by molar-refractivity contribution is 8.15. The summed E-state index contributed by atoms with van der Waals surface area (Å²) in [6.45, 7) is 10.6. The molecule has 0 aliphatic carbocycles. The van der Waals surface area contributed by atoms with Crippen LogP contribution in [0.15, 0.2) is 41.9 Å². The van der Waals surface area contributed by atoms with Gasteiger partial charge in [0.15, 0.2) is 0 Å². The fourth-order valence-electron chi connectivity index (χ4n) is 3.55. The molecule has 0 saturated heterocycles. The summed E-state index contributed by atoms with van der Waals surface area (Å²) in [5, 5.41) is 7.55. The van der Waals surface area contributed by atoms with E-state index in [-0.39, 0.29) is 11.0 Å². The van der Waals surface area contributed by atoms with Gasteiger partial charge in [-0.2, -0.15) is 0 Å². The largest absolute Gasteiger partial charge is 0.340 e. The lowest BCUT2D eigenvalue weighted by Gasteiger charge is -2.48. The fraction of sp³-hybridized carbons (Fsp3) is 0.529. The van der Waals surface area contributed by atoms with Crippen molar-refractivity contribution in [3.05, 3.63) is 47.5 Å². The summed E-state index contributed by atoms with van der Waals surface area (Å²) in [6.07, 6.45) is 2.68. The van der Waals surface area contributed by atoms with Crippen LogP contribution in [0, 0.1) is 5.41 Å². The highest BCUT2D eigenvalue weighted by atomic mass is 32.3. The SMILES string of the molecule is CC(C)(C)CC(C)(C)N1C=CSC1(c1ccccc1)S(N)(=O)=O. The van der Waals surface area contributed by atoms with Crippen LogP contribution >= 0.6 is 11.8 Å². The Morgan fingerprint density at radius 2 is 1.70 bits per heavy atom. The van der Waals surface area contributed by atoms with E-state index in [4.69, 9.17) is 5.14 Å². The van der Waals surface area contributed by atoms with Gasteiger partial charge in [0.1, 0.15) is 0 Å². The second kappa shape index (κ2) is 5.83. The molecule has 0 bridgehead atoms. The second-order valence-corrected chi connectivity index (χ2v) is 10.9. The molecule has 0 saturated carbocycles. The molecule has 2 rings (SSSR count). The van der Waals surface area contributed by atoms with Crippen LogP contribution < -0.4 is 5.14 Å². The Labute approximate surface area is 144 Å². The number of nitrogens with zero attached hydrogens (tertiary/aromatic N) is 1. The van der Waals surface area contributed by atoms with Crippen molar-refractivity contribution in [2.24, 2.45) is 10.6 Å². The lowest BCUT2D eigenvalue weighted by Crippen LogP contribution is -2.56. The molecule has 0 radical (unpaired) electrons. The average Bonchev–Trinajstić information content (AvgIpc) is 2.83. The molecule has 2 N–H and O–H groups in total. The zero-order chi connectivity index (χ0) is 17.5. The quantitative estimate of drug-likeness (QED) is 0.893. The maximum atomic E-state index is 12.7. The van der Waals surface area contributed by atoms with Crippen LogP contribution in [0.25, 0.3) is 0 Å². The Kier molecular flexibility index (Phi) is 4.65. The van der Waals surface area contributed by atoms with Crippen LogP contribution in [0.1, 0.15) is 46.6 Å². The minimum Gasteiger partial charge on any atom is -0.340 e. The Morgan fingerprint density at radius 1 is 1.13 bits per heavy atom. The van der Waals surface area contributed by atoms with Gasteiger partial charge in [-0.25, -0.2) is 13.6 Å². The van der Waals surface area contributed by atoms with Crippen molar-refractivity contribution in [3.8, 4) is 0 Å². The highest BCUT2D eigenvalue weighted by Crippen LogP contribution is 2.53. The average molecular weight is 355 g/mol. The van der Waals surface area contributed by atoms with Crippen LogP contribution in [-0.4, -0.2) is 18.9 Å².